The second-order valence-electron chi connectivity index (χ2n) is 5.84. The summed E-state index contributed by atoms with van der Waals surface area (Å²) in [5, 5.41) is 18.5. The zero-order chi connectivity index (χ0) is 15.1. The highest BCUT2D eigenvalue weighted by atomic mass is 16.3. The Morgan fingerprint density at radius 3 is 2.80 bits per heavy atom. The van der Waals surface area contributed by atoms with Gasteiger partial charge in [0.05, 0.1) is 24.6 Å². The lowest BCUT2D eigenvalue weighted by Gasteiger charge is -2.35. The number of aliphatic hydroxyl groups is 1. The fraction of sp³-hybridized carbons (Fsp3) is 0.867. The van der Waals surface area contributed by atoms with E-state index in [1.807, 2.05) is 20.8 Å². The van der Waals surface area contributed by atoms with Gasteiger partial charge in [0, 0.05) is 19.6 Å². The highest BCUT2D eigenvalue weighted by molar-refractivity contribution is 5.78. The number of piperidine rings is 1. The van der Waals surface area contributed by atoms with Gasteiger partial charge in [0.15, 0.2) is 0 Å². The van der Waals surface area contributed by atoms with Crippen molar-refractivity contribution in [2.45, 2.75) is 39.7 Å². The Bertz CT molecular complexity index is 352. The molecule has 0 radical (unpaired) electrons. The summed E-state index contributed by atoms with van der Waals surface area (Å²) in [6, 6.07) is 2.17. The van der Waals surface area contributed by atoms with E-state index < -0.39 is 0 Å². The standard InChI is InChI=1S/C15H27N3O2/c1-4-18(9-12(2)8-16)15(20)11-17-7-5-6-14(10-17)13(3)19/h12-14,19H,4-7,9-11H2,1-3H3. The van der Waals surface area contributed by atoms with Crippen molar-refractivity contribution in [2.75, 3.05) is 32.7 Å². The van der Waals surface area contributed by atoms with Crippen LogP contribution in [0.3, 0.4) is 0 Å². The van der Waals surface area contributed by atoms with Crippen LogP contribution in [0, 0.1) is 23.2 Å². The average molecular weight is 281 g/mol. The Morgan fingerprint density at radius 2 is 2.25 bits per heavy atom. The minimum absolute atomic E-state index is 0.0841. The molecule has 0 saturated carbocycles. The second-order valence-corrected chi connectivity index (χ2v) is 5.84. The van der Waals surface area contributed by atoms with Crippen LogP contribution in [0.2, 0.25) is 0 Å². The summed E-state index contributed by atoms with van der Waals surface area (Å²) in [7, 11) is 0. The molecule has 0 spiro atoms. The molecule has 3 unspecified atom stereocenters. The smallest absolute Gasteiger partial charge is 0.236 e. The minimum Gasteiger partial charge on any atom is -0.393 e. The van der Waals surface area contributed by atoms with E-state index in [4.69, 9.17) is 5.26 Å². The largest absolute Gasteiger partial charge is 0.393 e. The monoisotopic (exact) mass is 281 g/mol. The molecule has 1 fully saturated rings. The highest BCUT2D eigenvalue weighted by Gasteiger charge is 2.26. The molecule has 1 saturated heterocycles. The maximum Gasteiger partial charge on any atom is 0.236 e. The van der Waals surface area contributed by atoms with Crippen LogP contribution in [-0.2, 0) is 4.79 Å². The van der Waals surface area contributed by atoms with Gasteiger partial charge in [-0.15, -0.1) is 0 Å². The molecular weight excluding hydrogens is 254 g/mol. The fourth-order valence-electron chi connectivity index (χ4n) is 2.70. The lowest BCUT2D eigenvalue weighted by atomic mass is 9.93. The molecule has 0 bridgehead atoms. The number of hydrogen-bond acceptors (Lipinski definition) is 4. The maximum atomic E-state index is 12.3. The average Bonchev–Trinajstić information content (AvgIpc) is 2.44. The first-order valence-electron chi connectivity index (χ1n) is 7.55. The van der Waals surface area contributed by atoms with Crippen molar-refractivity contribution in [3.05, 3.63) is 0 Å². The van der Waals surface area contributed by atoms with E-state index in [1.54, 1.807) is 4.90 Å². The molecule has 114 valence electrons. The third kappa shape index (κ3) is 5.10. The van der Waals surface area contributed by atoms with E-state index in [9.17, 15) is 9.90 Å². The summed E-state index contributed by atoms with van der Waals surface area (Å²) in [4.78, 5) is 16.2. The third-order valence-corrected chi connectivity index (χ3v) is 4.03. The second kappa shape index (κ2) is 8.23. The first kappa shape index (κ1) is 16.9. The number of rotatable bonds is 6. The Balaban J connectivity index is 2.49. The molecular formula is C15H27N3O2. The quantitative estimate of drug-likeness (QED) is 0.791. The van der Waals surface area contributed by atoms with Gasteiger partial charge in [-0.25, -0.2) is 0 Å². The summed E-state index contributed by atoms with van der Waals surface area (Å²) in [5.41, 5.74) is 0. The minimum atomic E-state index is -0.311. The van der Waals surface area contributed by atoms with Gasteiger partial charge in [0.1, 0.15) is 0 Å². The van der Waals surface area contributed by atoms with Gasteiger partial charge < -0.3 is 10.0 Å². The summed E-state index contributed by atoms with van der Waals surface area (Å²) in [6.45, 7) is 8.84. The van der Waals surface area contributed by atoms with Gasteiger partial charge in [0.2, 0.25) is 5.91 Å². The molecule has 1 N–H and O–H groups in total. The van der Waals surface area contributed by atoms with Gasteiger partial charge in [-0.1, -0.05) is 0 Å². The molecule has 1 rings (SSSR count). The van der Waals surface area contributed by atoms with Gasteiger partial charge in [-0.2, -0.15) is 5.26 Å². The Kier molecular flexibility index (Phi) is 6.97. The Hall–Kier alpha value is -1.12. The number of carbonyl (C=O) groups is 1. The topological polar surface area (TPSA) is 67.6 Å². The van der Waals surface area contributed by atoms with Crippen LogP contribution in [0.25, 0.3) is 0 Å². The predicted molar refractivity (Wildman–Crippen MR) is 77.9 cm³/mol. The van der Waals surface area contributed by atoms with Crippen molar-refractivity contribution in [2.24, 2.45) is 11.8 Å². The Labute approximate surface area is 122 Å². The maximum absolute atomic E-state index is 12.3. The van der Waals surface area contributed by atoms with Crippen molar-refractivity contribution in [1.82, 2.24) is 9.80 Å². The van der Waals surface area contributed by atoms with Crippen molar-refractivity contribution >= 4 is 5.91 Å². The molecule has 0 aromatic rings. The van der Waals surface area contributed by atoms with Crippen molar-refractivity contribution in [3.8, 4) is 6.07 Å². The van der Waals surface area contributed by atoms with Crippen LogP contribution in [0.4, 0.5) is 0 Å². The number of nitriles is 1. The van der Waals surface area contributed by atoms with E-state index in [0.717, 1.165) is 25.9 Å². The molecule has 3 atom stereocenters. The molecule has 5 nitrogen and oxygen atoms in total. The first-order valence-corrected chi connectivity index (χ1v) is 7.55. The number of carbonyl (C=O) groups excluding carboxylic acids is 1. The lowest BCUT2D eigenvalue weighted by Crippen LogP contribution is -2.46. The van der Waals surface area contributed by atoms with Gasteiger partial charge in [-0.3, -0.25) is 9.69 Å². The lowest BCUT2D eigenvalue weighted by molar-refractivity contribution is -0.133. The van der Waals surface area contributed by atoms with Gasteiger partial charge >= 0.3 is 0 Å². The number of likely N-dealkylation sites (tertiary alicyclic amines) is 1. The van der Waals surface area contributed by atoms with Crippen LogP contribution in [0.15, 0.2) is 0 Å². The summed E-state index contributed by atoms with van der Waals surface area (Å²) in [6.07, 6.45) is 1.75. The molecule has 0 aliphatic carbocycles. The number of likely N-dealkylation sites (N-methyl/N-ethyl adjacent to an activating group) is 1. The SMILES string of the molecule is CCN(CC(C)C#N)C(=O)CN1CCCC(C(C)O)C1. The number of aliphatic hydroxyl groups excluding tert-OH is 1. The number of amides is 1. The summed E-state index contributed by atoms with van der Waals surface area (Å²) in [5.74, 6) is 0.218. The molecule has 5 heteroatoms. The van der Waals surface area contributed by atoms with Crippen molar-refractivity contribution < 1.29 is 9.90 Å². The molecule has 1 aliphatic heterocycles. The van der Waals surface area contributed by atoms with Crippen LogP contribution >= 0.6 is 0 Å². The summed E-state index contributed by atoms with van der Waals surface area (Å²) >= 11 is 0. The van der Waals surface area contributed by atoms with E-state index in [2.05, 4.69) is 11.0 Å². The first-order chi connectivity index (χ1) is 9.47. The zero-order valence-electron chi connectivity index (χ0n) is 12.9. The van der Waals surface area contributed by atoms with E-state index in [-0.39, 0.29) is 23.8 Å². The van der Waals surface area contributed by atoms with E-state index >= 15 is 0 Å². The molecule has 0 aromatic heterocycles. The van der Waals surface area contributed by atoms with Gasteiger partial charge in [0.25, 0.3) is 0 Å². The number of nitrogens with zero attached hydrogens (tertiary/aromatic N) is 3. The van der Waals surface area contributed by atoms with Gasteiger partial charge in [-0.05, 0) is 46.1 Å². The van der Waals surface area contributed by atoms with E-state index in [1.165, 1.54) is 0 Å². The van der Waals surface area contributed by atoms with Crippen LogP contribution in [0.5, 0.6) is 0 Å². The number of hydrogen-bond donors (Lipinski definition) is 1. The van der Waals surface area contributed by atoms with Crippen LogP contribution in [0.1, 0.15) is 33.6 Å². The normalized spacial score (nSPS) is 22.9. The zero-order valence-corrected chi connectivity index (χ0v) is 12.9. The predicted octanol–water partition coefficient (Wildman–Crippen LogP) is 1.09. The van der Waals surface area contributed by atoms with Crippen LogP contribution in [-0.4, -0.2) is 59.6 Å². The molecule has 1 amide bonds. The van der Waals surface area contributed by atoms with Crippen LogP contribution < -0.4 is 0 Å². The fourth-order valence-corrected chi connectivity index (χ4v) is 2.70. The Morgan fingerprint density at radius 1 is 1.55 bits per heavy atom. The molecule has 20 heavy (non-hydrogen) atoms. The third-order valence-electron chi connectivity index (χ3n) is 4.03. The molecule has 1 heterocycles. The highest BCUT2D eigenvalue weighted by Crippen LogP contribution is 2.19. The molecule has 0 aromatic carbocycles. The van der Waals surface area contributed by atoms with Crippen molar-refractivity contribution in [3.63, 3.8) is 0 Å². The molecule has 1 aliphatic rings. The summed E-state index contributed by atoms with van der Waals surface area (Å²) < 4.78 is 0. The van der Waals surface area contributed by atoms with E-state index in [0.29, 0.717) is 19.6 Å². The van der Waals surface area contributed by atoms with Crippen molar-refractivity contribution in [1.29, 1.82) is 5.26 Å².